The summed E-state index contributed by atoms with van der Waals surface area (Å²) in [7, 11) is -3.13. The van der Waals surface area contributed by atoms with Crippen LogP contribution in [0.3, 0.4) is 0 Å². The summed E-state index contributed by atoms with van der Waals surface area (Å²) in [6.45, 7) is 6.28. The Morgan fingerprint density at radius 1 is 1.55 bits per heavy atom. The summed E-state index contributed by atoms with van der Waals surface area (Å²) >= 11 is 1.64. The average Bonchev–Trinajstić information content (AvgIpc) is 2.89. The van der Waals surface area contributed by atoms with Gasteiger partial charge in [0, 0.05) is 31.2 Å². The molecule has 0 aromatic carbocycles. The molecule has 1 fully saturated rings. The van der Waals surface area contributed by atoms with Crippen molar-refractivity contribution >= 4 is 26.5 Å². The van der Waals surface area contributed by atoms with Gasteiger partial charge in [-0.05, 0) is 24.7 Å². The first kappa shape index (κ1) is 15.7. The van der Waals surface area contributed by atoms with Gasteiger partial charge in [0.15, 0.2) is 5.13 Å². The lowest BCUT2D eigenvalue weighted by molar-refractivity contribution is 0.410. The number of piperidine rings is 1. The number of aromatic nitrogens is 1. The van der Waals surface area contributed by atoms with E-state index in [1.54, 1.807) is 11.3 Å². The summed E-state index contributed by atoms with van der Waals surface area (Å²) in [6, 6.07) is 0. The zero-order chi connectivity index (χ0) is 14.6. The Morgan fingerprint density at radius 3 is 3.00 bits per heavy atom. The molecule has 1 aliphatic rings. The summed E-state index contributed by atoms with van der Waals surface area (Å²) in [6.07, 6.45) is 3.98. The van der Waals surface area contributed by atoms with E-state index in [1.165, 1.54) is 0 Å². The molecule has 1 atom stereocenters. The van der Waals surface area contributed by atoms with Crippen LogP contribution in [0.15, 0.2) is 11.6 Å². The van der Waals surface area contributed by atoms with Gasteiger partial charge < -0.3 is 4.90 Å². The van der Waals surface area contributed by atoms with Crippen molar-refractivity contribution in [1.82, 2.24) is 9.71 Å². The Balaban J connectivity index is 1.84. The van der Waals surface area contributed by atoms with Gasteiger partial charge in [-0.15, -0.1) is 11.3 Å². The monoisotopic (exact) mass is 317 g/mol. The minimum absolute atomic E-state index is 0.158. The van der Waals surface area contributed by atoms with Gasteiger partial charge in [-0.3, -0.25) is 0 Å². The minimum atomic E-state index is -3.13. The third-order valence-electron chi connectivity index (χ3n) is 3.35. The molecule has 1 aliphatic heterocycles. The third kappa shape index (κ3) is 4.71. The van der Waals surface area contributed by atoms with Crippen LogP contribution >= 0.6 is 11.3 Å². The van der Waals surface area contributed by atoms with E-state index in [4.69, 9.17) is 0 Å². The summed E-state index contributed by atoms with van der Waals surface area (Å²) in [5.74, 6) is 0.732. The maximum atomic E-state index is 11.9. The van der Waals surface area contributed by atoms with E-state index in [1.807, 2.05) is 25.4 Å². The topological polar surface area (TPSA) is 62.3 Å². The molecule has 0 radical (unpaired) electrons. The molecule has 0 bridgehead atoms. The summed E-state index contributed by atoms with van der Waals surface area (Å²) in [5.41, 5.74) is 0. The highest BCUT2D eigenvalue weighted by atomic mass is 32.2. The van der Waals surface area contributed by atoms with Crippen molar-refractivity contribution in [3.63, 3.8) is 0 Å². The van der Waals surface area contributed by atoms with Gasteiger partial charge in [-0.2, -0.15) is 0 Å². The predicted molar refractivity (Wildman–Crippen MR) is 83.7 cm³/mol. The lowest BCUT2D eigenvalue weighted by Gasteiger charge is -2.32. The lowest BCUT2D eigenvalue weighted by atomic mass is 9.99. The molecule has 0 spiro atoms. The van der Waals surface area contributed by atoms with Crippen molar-refractivity contribution in [2.75, 3.05) is 30.3 Å². The Bertz CT molecular complexity index is 500. The number of anilines is 1. The number of hydrogen-bond donors (Lipinski definition) is 1. The first-order valence-corrected chi connectivity index (χ1v) is 9.61. The van der Waals surface area contributed by atoms with Crippen LogP contribution in [0.2, 0.25) is 0 Å². The van der Waals surface area contributed by atoms with Crippen LogP contribution in [0.5, 0.6) is 0 Å². The Hall–Kier alpha value is -0.660. The van der Waals surface area contributed by atoms with Gasteiger partial charge in [0.25, 0.3) is 0 Å². The van der Waals surface area contributed by atoms with Crippen LogP contribution in [0.4, 0.5) is 5.13 Å². The summed E-state index contributed by atoms with van der Waals surface area (Å²) < 4.78 is 26.5. The highest BCUT2D eigenvalue weighted by molar-refractivity contribution is 7.89. The number of nitrogens with one attached hydrogen (secondary N) is 1. The van der Waals surface area contributed by atoms with Crippen molar-refractivity contribution in [1.29, 1.82) is 0 Å². The van der Waals surface area contributed by atoms with E-state index in [9.17, 15) is 8.42 Å². The predicted octanol–water partition coefficient (Wildman–Crippen LogP) is 1.93. The minimum Gasteiger partial charge on any atom is -0.348 e. The molecule has 2 heterocycles. The molecule has 1 aromatic heterocycles. The Morgan fingerprint density at radius 2 is 2.35 bits per heavy atom. The van der Waals surface area contributed by atoms with Gasteiger partial charge in [-0.1, -0.05) is 13.8 Å². The fraction of sp³-hybridized carbons (Fsp3) is 0.769. The van der Waals surface area contributed by atoms with Crippen LogP contribution in [-0.4, -0.2) is 38.8 Å². The van der Waals surface area contributed by atoms with E-state index in [-0.39, 0.29) is 11.7 Å². The molecule has 20 heavy (non-hydrogen) atoms. The molecule has 1 aromatic rings. The fourth-order valence-corrected chi connectivity index (χ4v) is 4.69. The summed E-state index contributed by atoms with van der Waals surface area (Å²) in [5, 5.41) is 3.02. The molecule has 114 valence electrons. The second-order valence-electron chi connectivity index (χ2n) is 5.79. The average molecular weight is 317 g/mol. The fourth-order valence-electron chi connectivity index (χ4n) is 2.52. The molecular formula is C13H23N3O2S2. The Labute approximate surface area is 125 Å². The number of hydrogen-bond acceptors (Lipinski definition) is 5. The van der Waals surface area contributed by atoms with Crippen molar-refractivity contribution < 1.29 is 8.42 Å². The molecule has 1 N–H and O–H groups in total. The van der Waals surface area contributed by atoms with Crippen molar-refractivity contribution in [3.05, 3.63) is 11.6 Å². The highest BCUT2D eigenvalue weighted by Gasteiger charge is 2.23. The molecule has 7 heteroatoms. The van der Waals surface area contributed by atoms with Crippen molar-refractivity contribution in [2.45, 2.75) is 26.7 Å². The van der Waals surface area contributed by atoms with Crippen LogP contribution < -0.4 is 9.62 Å². The quantitative estimate of drug-likeness (QED) is 0.871. The van der Waals surface area contributed by atoms with Gasteiger partial charge in [0.1, 0.15) is 0 Å². The molecular weight excluding hydrogens is 294 g/mol. The highest BCUT2D eigenvalue weighted by Crippen LogP contribution is 2.24. The number of nitrogens with zero attached hydrogens (tertiary/aromatic N) is 2. The van der Waals surface area contributed by atoms with E-state index in [2.05, 4.69) is 14.6 Å². The van der Waals surface area contributed by atoms with Crippen molar-refractivity contribution in [2.24, 2.45) is 11.8 Å². The normalized spacial score (nSPS) is 20.6. The van der Waals surface area contributed by atoms with Crippen LogP contribution in [-0.2, 0) is 10.0 Å². The van der Waals surface area contributed by atoms with E-state index < -0.39 is 10.0 Å². The number of sulfonamides is 1. The van der Waals surface area contributed by atoms with E-state index >= 15 is 0 Å². The van der Waals surface area contributed by atoms with Gasteiger partial charge in [-0.25, -0.2) is 18.1 Å². The molecule has 1 saturated heterocycles. The molecule has 0 saturated carbocycles. The number of rotatable bonds is 6. The first-order chi connectivity index (χ1) is 9.46. The Kier molecular flexibility index (Phi) is 5.40. The van der Waals surface area contributed by atoms with E-state index in [0.29, 0.717) is 12.5 Å². The third-order valence-corrected chi connectivity index (χ3v) is 5.90. The zero-order valence-electron chi connectivity index (χ0n) is 12.1. The molecule has 1 unspecified atom stereocenters. The van der Waals surface area contributed by atoms with Gasteiger partial charge in [0.2, 0.25) is 10.0 Å². The second-order valence-corrected chi connectivity index (χ2v) is 8.52. The maximum Gasteiger partial charge on any atom is 0.211 e. The zero-order valence-corrected chi connectivity index (χ0v) is 13.7. The molecule has 0 aliphatic carbocycles. The van der Waals surface area contributed by atoms with Crippen molar-refractivity contribution in [3.8, 4) is 0 Å². The van der Waals surface area contributed by atoms with Gasteiger partial charge in [0.05, 0.1) is 5.75 Å². The second kappa shape index (κ2) is 6.87. The lowest BCUT2D eigenvalue weighted by Crippen LogP contribution is -2.41. The molecule has 2 rings (SSSR count). The first-order valence-electron chi connectivity index (χ1n) is 7.08. The van der Waals surface area contributed by atoms with Crippen LogP contribution in [0.1, 0.15) is 26.7 Å². The smallest absolute Gasteiger partial charge is 0.211 e. The maximum absolute atomic E-state index is 11.9. The van der Waals surface area contributed by atoms with Crippen LogP contribution in [0.25, 0.3) is 0 Å². The SMILES string of the molecule is CC(C)CS(=O)(=O)NCC1CCCN(c2nccs2)C1. The molecule has 0 amide bonds. The number of thiazole rings is 1. The summed E-state index contributed by atoms with van der Waals surface area (Å²) in [4.78, 5) is 6.59. The largest absolute Gasteiger partial charge is 0.348 e. The standard InChI is InChI=1S/C13H23N3O2S2/c1-11(2)10-20(17,18)15-8-12-4-3-6-16(9-12)13-14-5-7-19-13/h5,7,11-12,15H,3-4,6,8-10H2,1-2H3. The van der Waals surface area contributed by atoms with Crippen LogP contribution in [0, 0.1) is 11.8 Å². The van der Waals surface area contributed by atoms with E-state index in [0.717, 1.165) is 31.1 Å². The molecule has 5 nitrogen and oxygen atoms in total. The van der Waals surface area contributed by atoms with Gasteiger partial charge >= 0.3 is 0 Å².